The van der Waals surface area contributed by atoms with E-state index in [0.717, 1.165) is 0 Å². The quantitative estimate of drug-likeness (QED) is 0.744. The van der Waals surface area contributed by atoms with E-state index in [9.17, 15) is 15.3 Å². The van der Waals surface area contributed by atoms with Crippen LogP contribution in [-0.4, -0.2) is 5.78 Å². The summed E-state index contributed by atoms with van der Waals surface area (Å²) in [5.41, 5.74) is -2.27. The van der Waals surface area contributed by atoms with Crippen LogP contribution in [0.2, 0.25) is 0 Å². The first-order chi connectivity index (χ1) is 8.86. The first kappa shape index (κ1) is 14.4. The summed E-state index contributed by atoms with van der Waals surface area (Å²) in [5.74, 6) is -2.77. The van der Waals surface area contributed by atoms with Gasteiger partial charge in [0.1, 0.15) is 0 Å². The van der Waals surface area contributed by atoms with Crippen molar-refractivity contribution in [3.05, 3.63) is 12.2 Å². The van der Waals surface area contributed by atoms with Crippen molar-refractivity contribution in [1.82, 2.24) is 0 Å². The zero-order valence-electron chi connectivity index (χ0n) is 10.7. The Balaban J connectivity index is 3.39. The Kier molecular flexibility index (Phi) is 3.75. The van der Waals surface area contributed by atoms with Gasteiger partial charge in [0.15, 0.2) is 17.1 Å². The first-order valence-electron chi connectivity index (χ1n) is 5.71. The van der Waals surface area contributed by atoms with Gasteiger partial charge < -0.3 is 0 Å². The van der Waals surface area contributed by atoms with Gasteiger partial charge in [-0.1, -0.05) is 19.9 Å². The van der Waals surface area contributed by atoms with Crippen LogP contribution in [0.25, 0.3) is 0 Å². The minimum Gasteiger partial charge on any atom is -0.294 e. The molecule has 1 unspecified atom stereocenters. The van der Waals surface area contributed by atoms with Crippen LogP contribution in [0, 0.1) is 68.0 Å². The van der Waals surface area contributed by atoms with Crippen molar-refractivity contribution in [2.24, 2.45) is 22.7 Å². The summed E-state index contributed by atoms with van der Waals surface area (Å²) in [5, 5.41) is 36.5. The lowest BCUT2D eigenvalue weighted by Gasteiger charge is -2.35. The zero-order valence-corrected chi connectivity index (χ0v) is 10.7. The van der Waals surface area contributed by atoms with Gasteiger partial charge in [0.2, 0.25) is 0 Å². The van der Waals surface area contributed by atoms with Gasteiger partial charge in [-0.15, -0.1) is 0 Å². The molecule has 0 fully saturated rings. The number of rotatable bonds is 2. The zero-order chi connectivity index (χ0) is 14.7. The molecule has 5 nitrogen and oxygen atoms in total. The number of hydrogen-bond acceptors (Lipinski definition) is 5. The average molecular weight is 252 g/mol. The first-order valence-corrected chi connectivity index (χ1v) is 5.71. The molecule has 0 aliphatic heterocycles. The van der Waals surface area contributed by atoms with E-state index in [4.69, 9.17) is 10.5 Å². The second-order valence-corrected chi connectivity index (χ2v) is 5.26. The SMILES string of the molecule is CC1(C)C=CC(=O)C(C(C#N)(C#N)C(C#N)C#N)C1. The van der Waals surface area contributed by atoms with E-state index >= 15 is 0 Å². The monoisotopic (exact) mass is 252 g/mol. The van der Waals surface area contributed by atoms with Crippen LogP contribution in [0.15, 0.2) is 12.2 Å². The Morgan fingerprint density at radius 1 is 1.26 bits per heavy atom. The van der Waals surface area contributed by atoms with Crippen molar-refractivity contribution in [3.63, 3.8) is 0 Å². The molecule has 19 heavy (non-hydrogen) atoms. The molecule has 1 atom stereocenters. The maximum atomic E-state index is 12.0. The van der Waals surface area contributed by atoms with Gasteiger partial charge >= 0.3 is 0 Å². The molecule has 0 aromatic carbocycles. The van der Waals surface area contributed by atoms with E-state index < -0.39 is 17.3 Å². The molecule has 0 saturated carbocycles. The molecule has 0 amide bonds. The van der Waals surface area contributed by atoms with Gasteiger partial charge in [-0.2, -0.15) is 21.0 Å². The van der Waals surface area contributed by atoms with Crippen molar-refractivity contribution in [2.75, 3.05) is 0 Å². The lowest BCUT2D eigenvalue weighted by Crippen LogP contribution is -2.42. The van der Waals surface area contributed by atoms with Crippen molar-refractivity contribution >= 4 is 5.78 Å². The Morgan fingerprint density at radius 3 is 2.21 bits per heavy atom. The fourth-order valence-electron chi connectivity index (χ4n) is 2.25. The fraction of sp³-hybridized carbons (Fsp3) is 0.500. The summed E-state index contributed by atoms with van der Waals surface area (Å²) in [6, 6.07) is 6.80. The van der Waals surface area contributed by atoms with Crippen LogP contribution in [0.3, 0.4) is 0 Å². The molecule has 0 bridgehead atoms. The molecule has 1 rings (SSSR count). The van der Waals surface area contributed by atoms with Crippen molar-refractivity contribution in [2.45, 2.75) is 20.3 Å². The molecule has 0 radical (unpaired) electrons. The van der Waals surface area contributed by atoms with Crippen LogP contribution >= 0.6 is 0 Å². The number of nitriles is 4. The topological polar surface area (TPSA) is 112 Å². The molecular formula is C14H12N4O. The Morgan fingerprint density at radius 2 is 1.79 bits per heavy atom. The molecule has 1 aliphatic carbocycles. The highest BCUT2D eigenvalue weighted by molar-refractivity contribution is 5.94. The maximum absolute atomic E-state index is 12.0. The van der Waals surface area contributed by atoms with Crippen LogP contribution in [0.1, 0.15) is 20.3 Å². The molecule has 0 aromatic heterocycles. The lowest BCUT2D eigenvalue weighted by atomic mass is 9.61. The van der Waals surface area contributed by atoms with E-state index in [1.54, 1.807) is 30.4 Å². The highest BCUT2D eigenvalue weighted by Gasteiger charge is 2.52. The van der Waals surface area contributed by atoms with Gasteiger partial charge in [-0.25, -0.2) is 0 Å². The highest BCUT2D eigenvalue weighted by atomic mass is 16.1. The molecule has 0 saturated heterocycles. The van der Waals surface area contributed by atoms with Crippen LogP contribution < -0.4 is 0 Å². The number of allylic oxidation sites excluding steroid dienone is 2. The molecular weight excluding hydrogens is 240 g/mol. The van der Waals surface area contributed by atoms with E-state index in [2.05, 4.69) is 0 Å². The van der Waals surface area contributed by atoms with E-state index in [-0.39, 0.29) is 17.6 Å². The number of nitrogens with zero attached hydrogens (tertiary/aromatic N) is 4. The normalized spacial score (nSPS) is 21.0. The second-order valence-electron chi connectivity index (χ2n) is 5.26. The third-order valence-corrected chi connectivity index (χ3v) is 3.41. The van der Waals surface area contributed by atoms with Crippen molar-refractivity contribution in [1.29, 1.82) is 21.0 Å². The van der Waals surface area contributed by atoms with Gasteiger partial charge in [0.25, 0.3) is 0 Å². The third-order valence-electron chi connectivity index (χ3n) is 3.41. The van der Waals surface area contributed by atoms with Crippen LogP contribution in [-0.2, 0) is 4.79 Å². The highest BCUT2D eigenvalue weighted by Crippen LogP contribution is 2.44. The molecule has 0 aromatic rings. The lowest BCUT2D eigenvalue weighted by molar-refractivity contribution is -0.122. The summed E-state index contributed by atoms with van der Waals surface area (Å²) in [7, 11) is 0. The summed E-state index contributed by atoms with van der Waals surface area (Å²) in [4.78, 5) is 12.0. The molecule has 0 heterocycles. The summed E-state index contributed by atoms with van der Waals surface area (Å²) < 4.78 is 0. The number of carbonyl (C=O) groups is 1. The smallest absolute Gasteiger partial charge is 0.182 e. The van der Waals surface area contributed by atoms with Gasteiger partial charge in [0, 0.05) is 0 Å². The summed E-state index contributed by atoms with van der Waals surface area (Å²) in [6.07, 6.45) is 3.33. The van der Waals surface area contributed by atoms with Crippen LogP contribution in [0.4, 0.5) is 0 Å². The molecule has 5 heteroatoms. The van der Waals surface area contributed by atoms with E-state index in [1.165, 1.54) is 6.08 Å². The largest absolute Gasteiger partial charge is 0.294 e. The van der Waals surface area contributed by atoms with Gasteiger partial charge in [-0.05, 0) is 17.9 Å². The molecule has 1 aliphatic rings. The summed E-state index contributed by atoms with van der Waals surface area (Å²) in [6.45, 7) is 3.74. The van der Waals surface area contributed by atoms with Gasteiger partial charge in [-0.3, -0.25) is 4.79 Å². The molecule has 0 N–H and O–H groups in total. The number of ketones is 1. The minimum absolute atomic E-state index is 0.267. The van der Waals surface area contributed by atoms with Crippen molar-refractivity contribution in [3.8, 4) is 24.3 Å². The average Bonchev–Trinajstić information content (AvgIpc) is 2.39. The predicted molar refractivity (Wildman–Crippen MR) is 64.4 cm³/mol. The van der Waals surface area contributed by atoms with Crippen LogP contribution in [0.5, 0.6) is 0 Å². The van der Waals surface area contributed by atoms with Gasteiger partial charge in [0.05, 0.1) is 30.2 Å². The Hall–Kier alpha value is -2.63. The number of carbonyl (C=O) groups excluding carboxylic acids is 1. The third kappa shape index (κ3) is 2.33. The molecule has 0 spiro atoms. The predicted octanol–water partition coefficient (Wildman–Crippen LogP) is 1.85. The Bertz CT molecular complexity index is 561. The Labute approximate surface area is 112 Å². The van der Waals surface area contributed by atoms with E-state index in [0.29, 0.717) is 0 Å². The van der Waals surface area contributed by atoms with Crippen molar-refractivity contribution < 1.29 is 4.79 Å². The minimum atomic E-state index is -1.91. The van der Waals surface area contributed by atoms with E-state index in [1.807, 2.05) is 13.8 Å². The molecule has 94 valence electrons. The summed E-state index contributed by atoms with van der Waals surface area (Å²) >= 11 is 0. The standard InChI is InChI=1S/C14H12N4O/c1-13(2)4-3-12(19)11(5-13)14(8-17,9-18)10(6-15)7-16/h3-4,10-11H,5H2,1-2H3. The fourth-order valence-corrected chi connectivity index (χ4v) is 2.25. The maximum Gasteiger partial charge on any atom is 0.182 e. The number of hydrogen-bond donors (Lipinski definition) is 0. The second kappa shape index (κ2) is 4.93.